The zero-order valence-corrected chi connectivity index (χ0v) is 13.9. The smallest absolute Gasteiger partial charge is 0.261 e. The van der Waals surface area contributed by atoms with Crippen molar-refractivity contribution in [2.45, 2.75) is 0 Å². The van der Waals surface area contributed by atoms with Crippen molar-refractivity contribution < 1.29 is 4.79 Å². The molecule has 0 aliphatic rings. The standard InChI is InChI=1S/C17H11ClN4OS/c18-11-7-5-10(6-8-11)15-12(9-19-22-15)16(23)21-17-20-13-3-1-2-4-14(13)24-17/h1-9H,(H,19,22)(H,20,21,23). The maximum absolute atomic E-state index is 12.6. The highest BCUT2D eigenvalue weighted by Gasteiger charge is 2.17. The number of amides is 1. The van der Waals surface area contributed by atoms with Crippen LogP contribution in [-0.4, -0.2) is 21.1 Å². The van der Waals surface area contributed by atoms with Crippen molar-refractivity contribution in [2.75, 3.05) is 5.32 Å². The molecule has 2 N–H and O–H groups in total. The van der Waals surface area contributed by atoms with E-state index in [0.29, 0.717) is 21.4 Å². The van der Waals surface area contributed by atoms with Gasteiger partial charge in [0, 0.05) is 10.6 Å². The van der Waals surface area contributed by atoms with E-state index in [0.717, 1.165) is 15.8 Å². The SMILES string of the molecule is O=C(Nc1nc2ccccc2s1)c1cn[nH]c1-c1ccc(Cl)cc1. The summed E-state index contributed by atoms with van der Waals surface area (Å²) in [6.45, 7) is 0. The Bertz CT molecular complexity index is 989. The van der Waals surface area contributed by atoms with Crippen LogP contribution < -0.4 is 5.32 Å². The number of para-hydroxylation sites is 1. The lowest BCUT2D eigenvalue weighted by Crippen LogP contribution is -2.11. The van der Waals surface area contributed by atoms with Crippen molar-refractivity contribution in [3.05, 3.63) is 65.3 Å². The highest BCUT2D eigenvalue weighted by Crippen LogP contribution is 2.27. The van der Waals surface area contributed by atoms with E-state index in [-0.39, 0.29) is 5.91 Å². The van der Waals surface area contributed by atoms with Gasteiger partial charge in [0.25, 0.3) is 5.91 Å². The van der Waals surface area contributed by atoms with Crippen LogP contribution in [0.4, 0.5) is 5.13 Å². The number of benzene rings is 2. The Hall–Kier alpha value is -2.70. The van der Waals surface area contributed by atoms with E-state index in [1.54, 1.807) is 12.1 Å². The molecule has 2 aromatic heterocycles. The minimum Gasteiger partial charge on any atom is -0.298 e. The van der Waals surface area contributed by atoms with Gasteiger partial charge in [0.2, 0.25) is 0 Å². The number of aromatic nitrogens is 3. The molecule has 0 bridgehead atoms. The number of carbonyl (C=O) groups excluding carboxylic acids is 1. The number of hydrogen-bond acceptors (Lipinski definition) is 4. The summed E-state index contributed by atoms with van der Waals surface area (Å²) in [5.41, 5.74) is 2.80. The highest BCUT2D eigenvalue weighted by atomic mass is 35.5. The molecule has 0 atom stereocenters. The number of anilines is 1. The van der Waals surface area contributed by atoms with Crippen molar-refractivity contribution >= 4 is 44.2 Å². The Morgan fingerprint density at radius 1 is 1.12 bits per heavy atom. The average Bonchev–Trinajstić information content (AvgIpc) is 3.21. The maximum atomic E-state index is 12.6. The van der Waals surface area contributed by atoms with Gasteiger partial charge in [-0.2, -0.15) is 5.10 Å². The molecule has 118 valence electrons. The normalized spacial score (nSPS) is 10.9. The summed E-state index contributed by atoms with van der Waals surface area (Å²) in [7, 11) is 0. The molecule has 1 amide bonds. The first-order valence-corrected chi connectivity index (χ1v) is 8.36. The topological polar surface area (TPSA) is 70.7 Å². The third-order valence-corrected chi connectivity index (χ3v) is 4.74. The van der Waals surface area contributed by atoms with Gasteiger partial charge >= 0.3 is 0 Å². The van der Waals surface area contributed by atoms with Crippen LogP contribution in [0.1, 0.15) is 10.4 Å². The summed E-state index contributed by atoms with van der Waals surface area (Å²) in [5, 5.41) is 10.9. The predicted octanol–water partition coefficient (Wildman–Crippen LogP) is 4.59. The lowest BCUT2D eigenvalue weighted by atomic mass is 10.1. The molecule has 24 heavy (non-hydrogen) atoms. The molecule has 7 heteroatoms. The molecule has 4 rings (SSSR count). The quantitative estimate of drug-likeness (QED) is 0.565. The molecule has 0 fully saturated rings. The van der Waals surface area contributed by atoms with Crippen LogP contribution in [-0.2, 0) is 0 Å². The molecular weight excluding hydrogens is 344 g/mol. The second kappa shape index (κ2) is 6.07. The van der Waals surface area contributed by atoms with Crippen LogP contribution in [0.25, 0.3) is 21.5 Å². The number of nitrogens with zero attached hydrogens (tertiary/aromatic N) is 2. The Kier molecular flexibility index (Phi) is 3.76. The molecular formula is C17H11ClN4OS. The van der Waals surface area contributed by atoms with E-state index in [4.69, 9.17) is 11.6 Å². The van der Waals surface area contributed by atoms with Gasteiger partial charge < -0.3 is 0 Å². The molecule has 0 radical (unpaired) electrons. The molecule has 4 aromatic rings. The predicted molar refractivity (Wildman–Crippen MR) is 96.6 cm³/mol. The first-order valence-electron chi connectivity index (χ1n) is 7.17. The first kappa shape index (κ1) is 14.9. The third-order valence-electron chi connectivity index (χ3n) is 3.53. The van der Waals surface area contributed by atoms with Crippen LogP contribution in [0.15, 0.2) is 54.7 Å². The Morgan fingerprint density at radius 2 is 1.92 bits per heavy atom. The molecule has 5 nitrogen and oxygen atoms in total. The van der Waals surface area contributed by atoms with Gasteiger partial charge in [0.05, 0.1) is 27.7 Å². The summed E-state index contributed by atoms with van der Waals surface area (Å²) < 4.78 is 1.03. The van der Waals surface area contributed by atoms with Crippen molar-refractivity contribution in [3.8, 4) is 11.3 Å². The number of hydrogen-bond donors (Lipinski definition) is 2. The first-order chi connectivity index (χ1) is 11.7. The van der Waals surface area contributed by atoms with Gasteiger partial charge in [0.1, 0.15) is 0 Å². The van der Waals surface area contributed by atoms with Crippen molar-refractivity contribution in [3.63, 3.8) is 0 Å². The van der Waals surface area contributed by atoms with E-state index < -0.39 is 0 Å². The molecule has 0 aliphatic carbocycles. The minimum absolute atomic E-state index is 0.257. The monoisotopic (exact) mass is 354 g/mol. The molecule has 2 aromatic carbocycles. The molecule has 0 unspecified atom stereocenters. The second-order valence-corrected chi connectivity index (χ2v) is 6.57. The zero-order valence-electron chi connectivity index (χ0n) is 12.3. The van der Waals surface area contributed by atoms with Crippen molar-refractivity contribution in [1.29, 1.82) is 0 Å². The van der Waals surface area contributed by atoms with Gasteiger partial charge in [-0.15, -0.1) is 0 Å². The van der Waals surface area contributed by atoms with E-state index in [2.05, 4.69) is 20.5 Å². The fourth-order valence-electron chi connectivity index (χ4n) is 2.39. The summed E-state index contributed by atoms with van der Waals surface area (Å²) in [5.74, 6) is -0.257. The van der Waals surface area contributed by atoms with Crippen LogP contribution in [0.3, 0.4) is 0 Å². The fourth-order valence-corrected chi connectivity index (χ4v) is 3.37. The molecule has 2 heterocycles. The number of carbonyl (C=O) groups is 1. The Labute approximate surface area is 146 Å². The zero-order chi connectivity index (χ0) is 16.5. The van der Waals surface area contributed by atoms with Crippen molar-refractivity contribution in [1.82, 2.24) is 15.2 Å². The second-order valence-electron chi connectivity index (χ2n) is 5.11. The number of halogens is 1. The largest absolute Gasteiger partial charge is 0.298 e. The van der Waals surface area contributed by atoms with E-state index in [1.807, 2.05) is 36.4 Å². The number of rotatable bonds is 3. The lowest BCUT2D eigenvalue weighted by Gasteiger charge is -2.03. The highest BCUT2D eigenvalue weighted by molar-refractivity contribution is 7.22. The summed E-state index contributed by atoms with van der Waals surface area (Å²) in [6, 6.07) is 15.0. The van der Waals surface area contributed by atoms with E-state index in [9.17, 15) is 4.79 Å². The number of nitrogens with one attached hydrogen (secondary N) is 2. The summed E-state index contributed by atoms with van der Waals surface area (Å²) in [4.78, 5) is 17.0. The Balaban J connectivity index is 1.63. The molecule has 0 aliphatic heterocycles. The average molecular weight is 355 g/mol. The van der Waals surface area contributed by atoms with E-state index in [1.165, 1.54) is 17.5 Å². The van der Waals surface area contributed by atoms with Crippen LogP contribution in [0, 0.1) is 0 Å². The summed E-state index contributed by atoms with van der Waals surface area (Å²) in [6.07, 6.45) is 1.51. The van der Waals surface area contributed by atoms with Gasteiger partial charge in [0.15, 0.2) is 5.13 Å². The Morgan fingerprint density at radius 3 is 2.71 bits per heavy atom. The molecule has 0 spiro atoms. The van der Waals surface area contributed by atoms with E-state index >= 15 is 0 Å². The number of fused-ring (bicyclic) bond motifs is 1. The van der Waals surface area contributed by atoms with Crippen molar-refractivity contribution in [2.24, 2.45) is 0 Å². The van der Waals surface area contributed by atoms with Gasteiger partial charge in [-0.1, -0.05) is 47.2 Å². The third kappa shape index (κ3) is 2.77. The molecule has 0 saturated heterocycles. The van der Waals surface area contributed by atoms with Gasteiger partial charge in [-0.3, -0.25) is 15.2 Å². The van der Waals surface area contributed by atoms with Gasteiger partial charge in [-0.25, -0.2) is 4.98 Å². The lowest BCUT2D eigenvalue weighted by molar-refractivity contribution is 0.102. The maximum Gasteiger partial charge on any atom is 0.261 e. The van der Waals surface area contributed by atoms with Crippen LogP contribution in [0.2, 0.25) is 5.02 Å². The van der Waals surface area contributed by atoms with Gasteiger partial charge in [-0.05, 0) is 24.3 Å². The molecule has 0 saturated carbocycles. The number of H-pyrrole nitrogens is 1. The van der Waals surface area contributed by atoms with Crippen LogP contribution in [0.5, 0.6) is 0 Å². The number of thiazole rings is 1. The number of aromatic amines is 1. The minimum atomic E-state index is -0.257. The fraction of sp³-hybridized carbons (Fsp3) is 0. The van der Waals surface area contributed by atoms with Crippen LogP contribution >= 0.6 is 22.9 Å². The summed E-state index contributed by atoms with van der Waals surface area (Å²) >= 11 is 7.34.